The lowest BCUT2D eigenvalue weighted by molar-refractivity contribution is -0.115. The van der Waals surface area contributed by atoms with E-state index in [0.29, 0.717) is 5.89 Å². The van der Waals surface area contributed by atoms with E-state index in [1.54, 1.807) is 6.92 Å². The van der Waals surface area contributed by atoms with Crippen LogP contribution in [0.5, 0.6) is 0 Å². The number of nitrogens with zero attached hydrogens (tertiary/aromatic N) is 2. The molecule has 1 aromatic heterocycles. The van der Waals surface area contributed by atoms with Gasteiger partial charge in [-0.2, -0.15) is 0 Å². The minimum atomic E-state index is -0.838. The van der Waals surface area contributed by atoms with E-state index in [4.69, 9.17) is 4.42 Å². The molecule has 0 saturated heterocycles. The summed E-state index contributed by atoms with van der Waals surface area (Å²) in [5, 5.41) is 9.64. The molecule has 1 N–H and O–H groups in total. The molecule has 1 atom stereocenters. The van der Waals surface area contributed by atoms with Gasteiger partial charge >= 0.3 is 0 Å². The van der Waals surface area contributed by atoms with Crippen molar-refractivity contribution in [2.24, 2.45) is 0 Å². The summed E-state index contributed by atoms with van der Waals surface area (Å²) in [5.41, 5.74) is 1.31. The van der Waals surface area contributed by atoms with E-state index in [-0.39, 0.29) is 5.22 Å². The summed E-state index contributed by atoms with van der Waals surface area (Å²) in [6.07, 6.45) is 0. The molecule has 134 valence electrons. The van der Waals surface area contributed by atoms with Gasteiger partial charge < -0.3 is 9.73 Å². The third-order valence-corrected chi connectivity index (χ3v) is 4.57. The van der Waals surface area contributed by atoms with Gasteiger partial charge in [-0.1, -0.05) is 36.0 Å². The van der Waals surface area contributed by atoms with Crippen LogP contribution in [0.15, 0.2) is 52.1 Å². The number of carbonyl (C=O) groups is 1. The number of hydrogen-bond donors (Lipinski definition) is 1. The summed E-state index contributed by atoms with van der Waals surface area (Å²) >= 11 is 1.01. The molecular weight excluding hydrogens is 360 g/mol. The largest absolute Gasteiger partial charge is 0.411 e. The lowest BCUT2D eigenvalue weighted by Gasteiger charge is -2.11. The standard InChI is InChI=1S/C18H15F2N3O2S/c1-10-6-3-4-7-12(10)17-22-23-18(25-17)26-11(2)16(24)21-15-13(19)8-5-9-14(15)20/h3-9,11H,1-2H3,(H,21,24)/t11-/m1/s1. The Bertz CT molecular complexity index is 925. The second-order valence-electron chi connectivity index (χ2n) is 5.53. The first kappa shape index (κ1) is 18.1. The smallest absolute Gasteiger partial charge is 0.277 e. The zero-order chi connectivity index (χ0) is 18.7. The number of benzene rings is 2. The van der Waals surface area contributed by atoms with Crippen LogP contribution in [-0.4, -0.2) is 21.4 Å². The summed E-state index contributed by atoms with van der Waals surface area (Å²) in [6, 6.07) is 10.9. The number of aryl methyl sites for hydroxylation is 1. The molecular formula is C18H15F2N3O2S. The number of thioether (sulfide) groups is 1. The Kier molecular flexibility index (Phi) is 5.32. The highest BCUT2D eigenvalue weighted by molar-refractivity contribution is 8.00. The number of rotatable bonds is 5. The summed E-state index contributed by atoms with van der Waals surface area (Å²) in [7, 11) is 0. The molecule has 0 unspecified atom stereocenters. The van der Waals surface area contributed by atoms with Gasteiger partial charge in [-0.15, -0.1) is 10.2 Å². The number of aromatic nitrogens is 2. The van der Waals surface area contributed by atoms with E-state index in [2.05, 4.69) is 15.5 Å². The van der Waals surface area contributed by atoms with E-state index in [0.717, 1.165) is 35.0 Å². The quantitative estimate of drug-likeness (QED) is 0.668. The molecule has 1 heterocycles. The Balaban J connectivity index is 1.69. The zero-order valence-corrected chi connectivity index (χ0v) is 14.8. The number of hydrogen-bond acceptors (Lipinski definition) is 5. The minimum Gasteiger partial charge on any atom is -0.411 e. The number of amides is 1. The van der Waals surface area contributed by atoms with Crippen LogP contribution in [0.1, 0.15) is 12.5 Å². The van der Waals surface area contributed by atoms with E-state index in [1.807, 2.05) is 31.2 Å². The maximum absolute atomic E-state index is 13.6. The maximum atomic E-state index is 13.6. The fraction of sp³-hybridized carbons (Fsp3) is 0.167. The third-order valence-electron chi connectivity index (χ3n) is 3.64. The van der Waals surface area contributed by atoms with Crippen LogP contribution < -0.4 is 5.32 Å². The van der Waals surface area contributed by atoms with E-state index < -0.39 is 28.5 Å². The molecule has 0 radical (unpaired) electrons. The molecule has 0 bridgehead atoms. The predicted octanol–water partition coefficient (Wildman–Crippen LogP) is 4.44. The Morgan fingerprint density at radius 2 is 1.81 bits per heavy atom. The number of halogens is 2. The fourth-order valence-electron chi connectivity index (χ4n) is 2.23. The van der Waals surface area contributed by atoms with Crippen molar-refractivity contribution in [2.75, 3.05) is 5.32 Å². The van der Waals surface area contributed by atoms with Crippen molar-refractivity contribution in [1.82, 2.24) is 10.2 Å². The number of anilines is 1. The molecule has 0 aliphatic carbocycles. The van der Waals surface area contributed by atoms with E-state index in [9.17, 15) is 13.6 Å². The predicted molar refractivity (Wildman–Crippen MR) is 94.8 cm³/mol. The summed E-state index contributed by atoms with van der Waals surface area (Å²) in [4.78, 5) is 12.2. The Labute approximate surface area is 152 Å². The zero-order valence-electron chi connectivity index (χ0n) is 14.0. The van der Waals surface area contributed by atoms with Crippen molar-refractivity contribution in [3.63, 3.8) is 0 Å². The van der Waals surface area contributed by atoms with Gasteiger partial charge in [0.05, 0.1) is 5.25 Å². The van der Waals surface area contributed by atoms with Gasteiger partial charge in [0, 0.05) is 5.56 Å². The van der Waals surface area contributed by atoms with Crippen molar-refractivity contribution in [2.45, 2.75) is 24.3 Å². The van der Waals surface area contributed by atoms with Gasteiger partial charge in [0.1, 0.15) is 17.3 Å². The Hall–Kier alpha value is -2.74. The lowest BCUT2D eigenvalue weighted by atomic mass is 10.1. The van der Waals surface area contributed by atoms with Crippen LogP contribution in [-0.2, 0) is 4.79 Å². The Morgan fingerprint density at radius 3 is 2.50 bits per heavy atom. The summed E-state index contributed by atoms with van der Waals surface area (Å²) < 4.78 is 32.8. The molecule has 26 heavy (non-hydrogen) atoms. The van der Waals surface area contributed by atoms with Gasteiger partial charge in [0.15, 0.2) is 0 Å². The van der Waals surface area contributed by atoms with Crippen LogP contribution in [0.2, 0.25) is 0 Å². The minimum absolute atomic E-state index is 0.194. The van der Waals surface area contributed by atoms with Gasteiger partial charge in [0.2, 0.25) is 11.8 Å². The third kappa shape index (κ3) is 3.91. The van der Waals surface area contributed by atoms with Crippen molar-refractivity contribution < 1.29 is 18.0 Å². The molecule has 8 heteroatoms. The molecule has 2 aromatic carbocycles. The molecule has 1 amide bonds. The van der Waals surface area contributed by atoms with Crippen LogP contribution >= 0.6 is 11.8 Å². The fourth-order valence-corrected chi connectivity index (χ4v) is 2.91. The van der Waals surface area contributed by atoms with Crippen molar-refractivity contribution in [3.8, 4) is 11.5 Å². The summed E-state index contributed by atoms with van der Waals surface area (Å²) in [5.74, 6) is -1.90. The molecule has 0 fully saturated rings. The molecule has 3 aromatic rings. The van der Waals surface area contributed by atoms with E-state index in [1.165, 1.54) is 6.07 Å². The average molecular weight is 375 g/mol. The van der Waals surface area contributed by atoms with Crippen LogP contribution in [0.25, 0.3) is 11.5 Å². The highest BCUT2D eigenvalue weighted by Crippen LogP contribution is 2.28. The lowest BCUT2D eigenvalue weighted by Crippen LogP contribution is -2.23. The highest BCUT2D eigenvalue weighted by atomic mass is 32.2. The molecule has 0 aliphatic heterocycles. The molecule has 3 rings (SSSR count). The first-order valence-corrected chi connectivity index (χ1v) is 8.64. The topological polar surface area (TPSA) is 68.0 Å². The summed E-state index contributed by atoms with van der Waals surface area (Å²) in [6.45, 7) is 3.50. The van der Waals surface area contributed by atoms with Crippen molar-refractivity contribution in [3.05, 3.63) is 59.7 Å². The SMILES string of the molecule is Cc1ccccc1-c1nnc(S[C@H](C)C(=O)Nc2c(F)cccc2F)o1. The molecule has 5 nitrogen and oxygen atoms in total. The first-order chi connectivity index (χ1) is 12.5. The Morgan fingerprint density at radius 1 is 1.12 bits per heavy atom. The molecule has 0 spiro atoms. The number of carbonyl (C=O) groups excluding carboxylic acids is 1. The number of nitrogens with one attached hydrogen (secondary N) is 1. The van der Waals surface area contributed by atoms with Crippen LogP contribution in [0.4, 0.5) is 14.5 Å². The second kappa shape index (κ2) is 7.65. The maximum Gasteiger partial charge on any atom is 0.277 e. The van der Waals surface area contributed by atoms with Gasteiger partial charge in [0.25, 0.3) is 5.22 Å². The van der Waals surface area contributed by atoms with Gasteiger partial charge in [-0.05, 0) is 37.6 Å². The van der Waals surface area contributed by atoms with E-state index >= 15 is 0 Å². The van der Waals surface area contributed by atoms with Crippen molar-refractivity contribution in [1.29, 1.82) is 0 Å². The van der Waals surface area contributed by atoms with Gasteiger partial charge in [-0.3, -0.25) is 4.79 Å². The average Bonchev–Trinajstić information content (AvgIpc) is 3.06. The first-order valence-electron chi connectivity index (χ1n) is 7.76. The van der Waals surface area contributed by atoms with Crippen molar-refractivity contribution >= 4 is 23.4 Å². The number of para-hydroxylation sites is 1. The van der Waals surface area contributed by atoms with Crippen LogP contribution in [0.3, 0.4) is 0 Å². The highest BCUT2D eigenvalue weighted by Gasteiger charge is 2.21. The molecule has 0 saturated carbocycles. The normalized spacial score (nSPS) is 12.0. The molecule has 0 aliphatic rings. The monoisotopic (exact) mass is 375 g/mol. The van der Waals surface area contributed by atoms with Crippen LogP contribution in [0, 0.1) is 18.6 Å². The second-order valence-corrected chi connectivity index (χ2v) is 6.83. The van der Waals surface area contributed by atoms with Gasteiger partial charge in [-0.25, -0.2) is 8.78 Å².